The average Bonchev–Trinajstić information content (AvgIpc) is 2.79. The highest BCUT2D eigenvalue weighted by Crippen LogP contribution is 2.40. The van der Waals surface area contributed by atoms with Crippen LogP contribution in [0.25, 0.3) is 16.7 Å². The van der Waals surface area contributed by atoms with Gasteiger partial charge in [0.2, 0.25) is 11.6 Å². The van der Waals surface area contributed by atoms with Gasteiger partial charge in [0.15, 0.2) is 34.8 Å². The minimum Gasteiger partial charge on any atom is -0.505 e. The fourth-order valence-electron chi connectivity index (χ4n) is 3.98. The Kier molecular flexibility index (Phi) is 5.62. The van der Waals surface area contributed by atoms with E-state index in [1.807, 2.05) is 0 Å². The fraction of sp³-hybridized carbons (Fsp3) is 0.167. The average molecular weight is 450 g/mol. The van der Waals surface area contributed by atoms with Crippen LogP contribution in [0.15, 0.2) is 42.5 Å². The van der Waals surface area contributed by atoms with Crippen LogP contribution in [0.2, 0.25) is 0 Å². The summed E-state index contributed by atoms with van der Waals surface area (Å²) in [5.74, 6) is -10.4. The highest BCUT2D eigenvalue weighted by Gasteiger charge is 2.26. The van der Waals surface area contributed by atoms with Crippen molar-refractivity contribution < 1.29 is 36.6 Å². The Hall–Kier alpha value is -3.42. The minimum atomic E-state index is -1.56. The van der Waals surface area contributed by atoms with Crippen molar-refractivity contribution in [1.29, 1.82) is 0 Å². The molecule has 32 heavy (non-hydrogen) atoms. The van der Waals surface area contributed by atoms with Crippen molar-refractivity contribution in [3.05, 3.63) is 88.5 Å². The van der Waals surface area contributed by atoms with Gasteiger partial charge in [-0.05, 0) is 60.6 Å². The maximum Gasteiger partial charge on any atom is 0.200 e. The zero-order valence-electron chi connectivity index (χ0n) is 16.4. The van der Waals surface area contributed by atoms with Crippen LogP contribution in [0, 0.1) is 34.9 Å². The third-order valence-corrected chi connectivity index (χ3v) is 5.72. The van der Waals surface area contributed by atoms with Gasteiger partial charge in [-0.2, -0.15) is 8.78 Å². The van der Waals surface area contributed by atoms with Gasteiger partial charge in [0, 0.05) is 16.7 Å². The van der Waals surface area contributed by atoms with Gasteiger partial charge < -0.3 is 10.2 Å². The molecular weight excluding hydrogens is 434 g/mol. The van der Waals surface area contributed by atoms with E-state index in [1.54, 1.807) is 6.08 Å². The summed E-state index contributed by atoms with van der Waals surface area (Å²) in [4.78, 5) is 0. The number of benzene rings is 3. The quantitative estimate of drug-likeness (QED) is 0.424. The number of rotatable bonds is 3. The van der Waals surface area contributed by atoms with Crippen molar-refractivity contribution in [3.63, 3.8) is 0 Å². The molecule has 1 aliphatic carbocycles. The molecule has 0 aromatic heterocycles. The molecule has 3 aromatic carbocycles. The van der Waals surface area contributed by atoms with Crippen LogP contribution < -0.4 is 0 Å². The second-order valence-corrected chi connectivity index (χ2v) is 7.55. The van der Waals surface area contributed by atoms with Crippen molar-refractivity contribution in [2.45, 2.75) is 25.2 Å². The van der Waals surface area contributed by atoms with Crippen LogP contribution in [-0.4, -0.2) is 10.2 Å². The lowest BCUT2D eigenvalue weighted by atomic mass is 9.82. The Morgan fingerprint density at radius 3 is 1.66 bits per heavy atom. The molecule has 0 bridgehead atoms. The highest BCUT2D eigenvalue weighted by molar-refractivity contribution is 5.69. The smallest absolute Gasteiger partial charge is 0.200 e. The van der Waals surface area contributed by atoms with Crippen molar-refractivity contribution in [2.75, 3.05) is 0 Å². The van der Waals surface area contributed by atoms with Crippen molar-refractivity contribution >= 4 is 5.57 Å². The molecule has 4 rings (SSSR count). The van der Waals surface area contributed by atoms with Gasteiger partial charge in [-0.1, -0.05) is 18.2 Å². The monoisotopic (exact) mass is 450 g/mol. The van der Waals surface area contributed by atoms with Crippen LogP contribution in [0.1, 0.15) is 36.3 Å². The minimum absolute atomic E-state index is 0.00872. The zero-order chi connectivity index (χ0) is 23.2. The first-order valence-corrected chi connectivity index (χ1v) is 9.72. The van der Waals surface area contributed by atoms with E-state index in [-0.39, 0.29) is 24.0 Å². The van der Waals surface area contributed by atoms with Crippen LogP contribution in [-0.2, 0) is 0 Å². The van der Waals surface area contributed by atoms with E-state index in [1.165, 1.54) is 12.1 Å². The normalized spacial score (nSPS) is 16.2. The molecule has 166 valence electrons. The van der Waals surface area contributed by atoms with Crippen molar-refractivity contribution in [2.24, 2.45) is 0 Å². The van der Waals surface area contributed by atoms with Gasteiger partial charge in [-0.15, -0.1) is 0 Å². The van der Waals surface area contributed by atoms with Gasteiger partial charge in [0.05, 0.1) is 0 Å². The molecular formula is C24H16F6O2. The lowest BCUT2D eigenvalue weighted by Gasteiger charge is -2.24. The van der Waals surface area contributed by atoms with Crippen LogP contribution in [0.3, 0.4) is 0 Å². The molecule has 0 heterocycles. The molecule has 0 amide bonds. The Balaban J connectivity index is 1.63. The first kappa shape index (κ1) is 21.8. The van der Waals surface area contributed by atoms with Gasteiger partial charge in [0.25, 0.3) is 0 Å². The molecule has 0 spiro atoms. The molecule has 0 fully saturated rings. The van der Waals surface area contributed by atoms with Crippen molar-refractivity contribution in [3.8, 4) is 22.6 Å². The molecule has 8 heteroatoms. The number of hydrogen-bond donors (Lipinski definition) is 2. The van der Waals surface area contributed by atoms with Gasteiger partial charge >= 0.3 is 0 Å². The summed E-state index contributed by atoms with van der Waals surface area (Å²) in [6.45, 7) is 0. The van der Waals surface area contributed by atoms with E-state index < -0.39 is 63.4 Å². The van der Waals surface area contributed by atoms with E-state index in [0.717, 1.165) is 24.3 Å². The zero-order valence-corrected chi connectivity index (χ0v) is 16.4. The van der Waals surface area contributed by atoms with E-state index in [2.05, 4.69) is 0 Å². The fourth-order valence-corrected chi connectivity index (χ4v) is 3.98. The third kappa shape index (κ3) is 3.59. The lowest BCUT2D eigenvalue weighted by Crippen LogP contribution is -2.09. The molecule has 0 saturated carbocycles. The Morgan fingerprint density at radius 2 is 1.09 bits per heavy atom. The molecule has 1 atom stereocenters. The Morgan fingerprint density at radius 1 is 0.594 bits per heavy atom. The highest BCUT2D eigenvalue weighted by atomic mass is 19.2. The summed E-state index contributed by atoms with van der Waals surface area (Å²) in [7, 11) is 0. The number of allylic oxidation sites excluding steroid dienone is 2. The summed E-state index contributed by atoms with van der Waals surface area (Å²) in [6, 6.07) is 6.50. The first-order valence-electron chi connectivity index (χ1n) is 9.72. The second-order valence-electron chi connectivity index (χ2n) is 7.55. The number of halogens is 6. The molecule has 2 N–H and O–H groups in total. The van der Waals surface area contributed by atoms with E-state index in [9.17, 15) is 36.6 Å². The van der Waals surface area contributed by atoms with Crippen molar-refractivity contribution in [1.82, 2.24) is 0 Å². The standard InChI is InChI=1S/C24H16F6O2/c25-19-13(5-6-15(21(19)27)16-8-10-18(32)24(30)22(16)28)11-1-3-12(4-2-11)14-7-9-17(31)23(29)20(14)26/h3,5-11,31-32H,1-2,4H2. The summed E-state index contributed by atoms with van der Waals surface area (Å²) >= 11 is 0. The summed E-state index contributed by atoms with van der Waals surface area (Å²) in [6.07, 6.45) is 2.39. The predicted octanol–water partition coefficient (Wildman–Crippen LogP) is 6.95. The van der Waals surface area contributed by atoms with Gasteiger partial charge in [-0.3, -0.25) is 0 Å². The third-order valence-electron chi connectivity index (χ3n) is 5.72. The van der Waals surface area contributed by atoms with Gasteiger partial charge in [-0.25, -0.2) is 17.6 Å². The number of hydrogen-bond acceptors (Lipinski definition) is 2. The summed E-state index contributed by atoms with van der Waals surface area (Å²) in [5, 5.41) is 18.5. The molecule has 1 unspecified atom stereocenters. The molecule has 0 aliphatic heterocycles. The molecule has 0 saturated heterocycles. The maximum atomic E-state index is 14.8. The largest absolute Gasteiger partial charge is 0.505 e. The van der Waals surface area contributed by atoms with E-state index >= 15 is 0 Å². The Labute approximate surface area is 179 Å². The summed E-state index contributed by atoms with van der Waals surface area (Å²) < 4.78 is 85.0. The van der Waals surface area contributed by atoms with Crippen LogP contribution >= 0.6 is 0 Å². The van der Waals surface area contributed by atoms with Crippen LogP contribution in [0.4, 0.5) is 26.3 Å². The van der Waals surface area contributed by atoms with E-state index in [4.69, 9.17) is 0 Å². The number of phenolic OH excluding ortho intramolecular Hbond substituents is 2. The van der Waals surface area contributed by atoms with Crippen LogP contribution in [0.5, 0.6) is 11.5 Å². The summed E-state index contributed by atoms with van der Waals surface area (Å²) in [5.41, 5.74) is -0.517. The Bertz CT molecular complexity index is 1250. The molecule has 1 aliphatic rings. The number of phenols is 2. The predicted molar refractivity (Wildman–Crippen MR) is 106 cm³/mol. The van der Waals surface area contributed by atoms with Gasteiger partial charge in [0.1, 0.15) is 0 Å². The molecule has 0 radical (unpaired) electrons. The molecule has 3 aromatic rings. The topological polar surface area (TPSA) is 40.5 Å². The SMILES string of the molecule is Oc1ccc(C2=CCC(c3ccc(-c4ccc(O)c(F)c4F)c(F)c3F)CC2)c(F)c1F. The molecule has 2 nitrogen and oxygen atoms in total. The second kappa shape index (κ2) is 8.26. The lowest BCUT2D eigenvalue weighted by molar-refractivity contribution is 0.406. The number of aromatic hydroxyl groups is 2. The first-order chi connectivity index (χ1) is 15.2. The van der Waals surface area contributed by atoms with E-state index in [0.29, 0.717) is 12.0 Å². The maximum absolute atomic E-state index is 14.8.